The molecule has 0 amide bonds. The zero-order valence-corrected chi connectivity index (χ0v) is 28.1. The minimum Gasteiger partial charge on any atom is -0.508 e. The molecular formula is C37H47F2N5O3. The number of hydrogen-bond acceptors (Lipinski definition) is 8. The van der Waals surface area contributed by atoms with Crippen molar-refractivity contribution in [2.45, 2.75) is 72.6 Å². The molecule has 0 atom stereocenters. The van der Waals surface area contributed by atoms with Gasteiger partial charge in [-0.2, -0.15) is 9.97 Å². The monoisotopic (exact) mass is 647 g/mol. The molecule has 10 heteroatoms. The number of aromatic hydroxyl groups is 1. The van der Waals surface area contributed by atoms with E-state index in [0.29, 0.717) is 59.3 Å². The quantitative estimate of drug-likeness (QED) is 0.138. The Labute approximate surface area is 276 Å². The van der Waals surface area contributed by atoms with Crippen LogP contribution in [0.3, 0.4) is 0 Å². The molecule has 1 aliphatic carbocycles. The number of pyridine rings is 1. The molecule has 0 unspecified atom stereocenters. The van der Waals surface area contributed by atoms with Crippen molar-refractivity contribution in [1.82, 2.24) is 19.9 Å². The van der Waals surface area contributed by atoms with E-state index in [0.717, 1.165) is 51.2 Å². The van der Waals surface area contributed by atoms with Gasteiger partial charge in [0, 0.05) is 36.9 Å². The molecule has 2 aromatic heterocycles. The molecule has 1 saturated heterocycles. The van der Waals surface area contributed by atoms with Crippen molar-refractivity contribution >= 4 is 27.5 Å². The molecule has 0 radical (unpaired) electrons. The predicted octanol–water partition coefficient (Wildman–Crippen LogP) is 7.88. The van der Waals surface area contributed by atoms with Crippen LogP contribution in [-0.2, 0) is 11.2 Å². The van der Waals surface area contributed by atoms with Crippen LogP contribution in [0.5, 0.6) is 11.8 Å². The number of piperidine rings is 1. The number of fused-ring (bicyclic) bond motifs is 2. The third-order valence-electron chi connectivity index (χ3n) is 9.84. The number of likely N-dealkylation sites (tertiary alicyclic amines) is 1. The second-order valence-electron chi connectivity index (χ2n) is 13.5. The van der Waals surface area contributed by atoms with Gasteiger partial charge in [-0.15, -0.1) is 0 Å². The summed E-state index contributed by atoms with van der Waals surface area (Å²) in [6, 6.07) is 6.08. The summed E-state index contributed by atoms with van der Waals surface area (Å²) >= 11 is 0. The molecule has 1 N–H and O–H groups in total. The van der Waals surface area contributed by atoms with Crippen LogP contribution in [0.2, 0.25) is 0 Å². The van der Waals surface area contributed by atoms with Gasteiger partial charge in [-0.25, -0.2) is 8.78 Å². The highest BCUT2D eigenvalue weighted by molar-refractivity contribution is 6.01. The molecule has 1 aliphatic heterocycles. The lowest BCUT2D eigenvalue weighted by molar-refractivity contribution is 0.124. The van der Waals surface area contributed by atoms with E-state index < -0.39 is 5.82 Å². The average Bonchev–Trinajstić information content (AvgIpc) is 3.84. The highest BCUT2D eigenvalue weighted by Gasteiger charge is 2.45. The first-order chi connectivity index (χ1) is 22.8. The molecule has 0 spiro atoms. The summed E-state index contributed by atoms with van der Waals surface area (Å²) in [5.41, 5.74) is 0.843. The van der Waals surface area contributed by atoms with E-state index in [1.807, 2.05) is 18.7 Å². The van der Waals surface area contributed by atoms with Gasteiger partial charge in [0.05, 0.1) is 12.0 Å². The lowest BCUT2D eigenvalue weighted by atomic mass is 9.94. The van der Waals surface area contributed by atoms with Gasteiger partial charge in [-0.1, -0.05) is 33.3 Å². The van der Waals surface area contributed by atoms with Crippen LogP contribution in [0.15, 0.2) is 30.5 Å². The lowest BCUT2D eigenvalue weighted by Gasteiger charge is -2.33. The molecule has 1 saturated carbocycles. The van der Waals surface area contributed by atoms with Gasteiger partial charge in [-0.05, 0) is 99.0 Å². The largest absolute Gasteiger partial charge is 0.508 e. The minimum absolute atomic E-state index is 0.0165. The maximum absolute atomic E-state index is 16.9. The third-order valence-corrected chi connectivity index (χ3v) is 9.84. The molecule has 2 aromatic carbocycles. The Morgan fingerprint density at radius 1 is 1.09 bits per heavy atom. The normalized spacial score (nSPS) is 16.6. The Morgan fingerprint density at radius 3 is 2.57 bits per heavy atom. The fraction of sp³-hybridized carbons (Fsp3) is 0.541. The molecule has 47 heavy (non-hydrogen) atoms. The maximum Gasteiger partial charge on any atom is 0.319 e. The fourth-order valence-corrected chi connectivity index (χ4v) is 6.77. The van der Waals surface area contributed by atoms with E-state index in [1.165, 1.54) is 25.0 Å². The van der Waals surface area contributed by atoms with Gasteiger partial charge in [0.15, 0.2) is 5.82 Å². The van der Waals surface area contributed by atoms with E-state index in [2.05, 4.69) is 28.7 Å². The molecule has 4 aromatic rings. The first-order valence-corrected chi connectivity index (χ1v) is 17.2. The SMILES string of the molecule is CCCCN(COCC)c1nc(OCC2(CN3CCC(C)CC3)CC2)nc2c(F)c(-c3cc(O)cc4ccc(F)c(CC)c34)ncc12. The number of unbranched alkanes of at least 4 members (excludes halogenated alkanes) is 1. The summed E-state index contributed by atoms with van der Waals surface area (Å²) in [6.07, 6.45) is 8.41. The van der Waals surface area contributed by atoms with Crippen LogP contribution in [-0.4, -0.2) is 71.1 Å². The van der Waals surface area contributed by atoms with Crippen LogP contribution in [0.4, 0.5) is 14.6 Å². The number of aromatic nitrogens is 3. The Balaban J connectivity index is 1.43. The number of rotatable bonds is 14. The Kier molecular flexibility index (Phi) is 10.1. The second kappa shape index (κ2) is 14.2. The zero-order valence-electron chi connectivity index (χ0n) is 28.1. The van der Waals surface area contributed by atoms with Crippen LogP contribution in [0.1, 0.15) is 71.8 Å². The third kappa shape index (κ3) is 7.14. The molecule has 2 fully saturated rings. The van der Waals surface area contributed by atoms with E-state index in [1.54, 1.807) is 18.3 Å². The number of hydrogen-bond donors (Lipinski definition) is 1. The number of benzene rings is 2. The average molecular weight is 648 g/mol. The van der Waals surface area contributed by atoms with Crippen molar-refractivity contribution in [2.75, 3.05) is 51.0 Å². The number of aryl methyl sites for hydroxylation is 1. The fourth-order valence-electron chi connectivity index (χ4n) is 6.77. The van der Waals surface area contributed by atoms with Crippen molar-refractivity contribution in [3.63, 3.8) is 0 Å². The van der Waals surface area contributed by atoms with Crippen molar-refractivity contribution < 1.29 is 23.4 Å². The smallest absolute Gasteiger partial charge is 0.319 e. The number of halogens is 2. The number of phenols is 1. The van der Waals surface area contributed by atoms with E-state index in [-0.39, 0.29) is 40.9 Å². The topological polar surface area (TPSA) is 83.8 Å². The van der Waals surface area contributed by atoms with Gasteiger partial charge < -0.3 is 24.4 Å². The summed E-state index contributed by atoms with van der Waals surface area (Å²) in [5, 5.41) is 12.2. The van der Waals surface area contributed by atoms with Crippen molar-refractivity contribution in [3.05, 3.63) is 47.7 Å². The van der Waals surface area contributed by atoms with Crippen LogP contribution in [0, 0.1) is 23.0 Å². The summed E-state index contributed by atoms with van der Waals surface area (Å²) in [6.45, 7) is 13.3. The zero-order chi connectivity index (χ0) is 33.1. The van der Waals surface area contributed by atoms with Crippen LogP contribution >= 0.6 is 0 Å². The van der Waals surface area contributed by atoms with E-state index >= 15 is 4.39 Å². The van der Waals surface area contributed by atoms with Crippen molar-refractivity contribution in [2.24, 2.45) is 11.3 Å². The standard InChI is InChI=1S/C37H47F2N5O3/c1-5-8-15-44(23-46-7-3)35-29-20-40-33(28-19-26(45)18-25-9-10-30(38)27(6-2)31(25)28)32(39)34(29)41-36(42-35)47-22-37(13-14-37)21-43-16-11-24(4)12-17-43/h9-10,18-20,24,45H,5-8,11-17,21-23H2,1-4H3. The maximum atomic E-state index is 16.9. The van der Waals surface area contributed by atoms with Gasteiger partial charge in [0.2, 0.25) is 0 Å². The first kappa shape index (κ1) is 33.3. The van der Waals surface area contributed by atoms with Gasteiger partial charge >= 0.3 is 6.01 Å². The summed E-state index contributed by atoms with van der Waals surface area (Å²) in [4.78, 5) is 18.6. The molecular weight excluding hydrogens is 600 g/mol. The molecule has 0 bridgehead atoms. The Morgan fingerprint density at radius 2 is 1.87 bits per heavy atom. The number of nitrogens with zero attached hydrogens (tertiary/aromatic N) is 5. The van der Waals surface area contributed by atoms with Gasteiger partial charge in [0.1, 0.15) is 35.3 Å². The number of ether oxygens (including phenoxy) is 2. The summed E-state index contributed by atoms with van der Waals surface area (Å²) in [7, 11) is 0. The van der Waals surface area contributed by atoms with Crippen LogP contribution in [0.25, 0.3) is 32.9 Å². The van der Waals surface area contributed by atoms with Gasteiger partial charge in [-0.3, -0.25) is 4.98 Å². The van der Waals surface area contributed by atoms with Crippen molar-refractivity contribution in [1.29, 1.82) is 0 Å². The summed E-state index contributed by atoms with van der Waals surface area (Å²) in [5.74, 6) is 0.152. The summed E-state index contributed by atoms with van der Waals surface area (Å²) < 4.78 is 44.0. The first-order valence-electron chi connectivity index (χ1n) is 17.2. The molecule has 252 valence electrons. The number of phenolic OH excluding ortho intramolecular Hbond substituents is 1. The second-order valence-corrected chi connectivity index (χ2v) is 13.5. The Bertz CT molecular complexity index is 1710. The Hall–Kier alpha value is -3.63. The highest BCUT2D eigenvalue weighted by atomic mass is 19.1. The molecule has 6 rings (SSSR count). The predicted molar refractivity (Wildman–Crippen MR) is 182 cm³/mol. The number of anilines is 1. The van der Waals surface area contributed by atoms with Crippen molar-refractivity contribution in [3.8, 4) is 23.0 Å². The van der Waals surface area contributed by atoms with E-state index in [9.17, 15) is 9.50 Å². The van der Waals surface area contributed by atoms with Gasteiger partial charge in [0.25, 0.3) is 0 Å². The molecule has 2 aliphatic rings. The van der Waals surface area contributed by atoms with E-state index in [4.69, 9.17) is 14.5 Å². The highest BCUT2D eigenvalue weighted by Crippen LogP contribution is 2.47. The molecule has 3 heterocycles. The molecule has 8 nitrogen and oxygen atoms in total. The van der Waals surface area contributed by atoms with Crippen LogP contribution < -0.4 is 9.64 Å². The lowest BCUT2D eigenvalue weighted by Crippen LogP contribution is -2.39. The minimum atomic E-state index is -0.676.